The Morgan fingerprint density at radius 3 is 2.96 bits per heavy atom. The van der Waals surface area contributed by atoms with Crippen molar-refractivity contribution in [3.8, 4) is 11.5 Å². The molecule has 6 nitrogen and oxygen atoms in total. The quantitative estimate of drug-likeness (QED) is 0.748. The first-order chi connectivity index (χ1) is 12.2. The third kappa shape index (κ3) is 4.86. The molecule has 25 heavy (non-hydrogen) atoms. The lowest BCUT2D eigenvalue weighted by molar-refractivity contribution is -0.111. The van der Waals surface area contributed by atoms with Gasteiger partial charge in [0.1, 0.15) is 0 Å². The van der Waals surface area contributed by atoms with Crippen LogP contribution in [-0.4, -0.2) is 29.4 Å². The molecule has 0 atom stereocenters. The summed E-state index contributed by atoms with van der Waals surface area (Å²) in [6.07, 6.45) is 9.32. The molecular formula is C19H23N3O3. The molecule has 0 bridgehead atoms. The number of aromatic nitrogens is 2. The fourth-order valence-electron chi connectivity index (χ4n) is 2.51. The van der Waals surface area contributed by atoms with Gasteiger partial charge in [-0.15, -0.1) is 0 Å². The van der Waals surface area contributed by atoms with E-state index in [1.54, 1.807) is 19.4 Å². The zero-order valence-electron chi connectivity index (χ0n) is 14.6. The molecule has 1 heterocycles. The Kier molecular flexibility index (Phi) is 5.38. The first-order valence-corrected chi connectivity index (χ1v) is 8.50. The second kappa shape index (κ2) is 7.88. The number of methoxy groups -OCH3 is 1. The van der Waals surface area contributed by atoms with Crippen molar-refractivity contribution in [1.82, 2.24) is 9.78 Å². The van der Waals surface area contributed by atoms with Crippen molar-refractivity contribution in [2.24, 2.45) is 5.92 Å². The van der Waals surface area contributed by atoms with Gasteiger partial charge < -0.3 is 14.8 Å². The second-order valence-corrected chi connectivity index (χ2v) is 6.06. The molecule has 1 N–H and O–H groups in total. The maximum Gasteiger partial charge on any atom is 0.248 e. The molecule has 0 radical (unpaired) electrons. The van der Waals surface area contributed by atoms with Gasteiger partial charge >= 0.3 is 0 Å². The smallest absolute Gasteiger partial charge is 0.248 e. The highest BCUT2D eigenvalue weighted by Crippen LogP contribution is 2.30. The standard InChI is InChI=1S/C19H23N3O3/c1-3-25-17-8-6-14(10-18(17)24-2)7-9-19(23)21-16-11-20-22(13-16)12-15-4-5-15/h6-11,13,15H,3-5,12H2,1-2H3,(H,21,23). The molecule has 0 aliphatic heterocycles. The van der Waals surface area contributed by atoms with E-state index in [9.17, 15) is 4.79 Å². The first kappa shape index (κ1) is 17.1. The summed E-state index contributed by atoms with van der Waals surface area (Å²) in [5.74, 6) is 1.89. The SMILES string of the molecule is CCOc1ccc(C=CC(=O)Nc2cnn(CC3CC3)c2)cc1OC. The van der Waals surface area contributed by atoms with Gasteiger partial charge in [0.2, 0.25) is 5.91 Å². The minimum Gasteiger partial charge on any atom is -0.493 e. The molecule has 1 aliphatic carbocycles. The van der Waals surface area contributed by atoms with Crippen molar-refractivity contribution >= 4 is 17.7 Å². The van der Waals surface area contributed by atoms with Crippen molar-refractivity contribution < 1.29 is 14.3 Å². The van der Waals surface area contributed by atoms with Gasteiger partial charge in [0.05, 0.1) is 25.6 Å². The van der Waals surface area contributed by atoms with Crippen LogP contribution in [-0.2, 0) is 11.3 Å². The predicted octanol–water partition coefficient (Wildman–Crippen LogP) is 3.35. The minimum atomic E-state index is -0.196. The Balaban J connectivity index is 1.58. The van der Waals surface area contributed by atoms with Crippen LogP contribution in [0.2, 0.25) is 0 Å². The molecular weight excluding hydrogens is 318 g/mol. The summed E-state index contributed by atoms with van der Waals surface area (Å²) in [5, 5.41) is 7.09. The molecule has 1 saturated carbocycles. The number of amides is 1. The Morgan fingerprint density at radius 2 is 2.24 bits per heavy atom. The van der Waals surface area contributed by atoms with Crippen LogP contribution in [0.3, 0.4) is 0 Å². The Morgan fingerprint density at radius 1 is 1.40 bits per heavy atom. The van der Waals surface area contributed by atoms with E-state index in [0.717, 1.165) is 18.0 Å². The van der Waals surface area contributed by atoms with Gasteiger partial charge in [0, 0.05) is 18.8 Å². The van der Waals surface area contributed by atoms with Gasteiger partial charge in [-0.05, 0) is 49.5 Å². The van der Waals surface area contributed by atoms with Crippen molar-refractivity contribution in [2.75, 3.05) is 19.0 Å². The normalized spacial score (nSPS) is 13.8. The van der Waals surface area contributed by atoms with Crippen molar-refractivity contribution in [1.29, 1.82) is 0 Å². The van der Waals surface area contributed by atoms with Crippen LogP contribution >= 0.6 is 0 Å². The molecule has 0 unspecified atom stereocenters. The van der Waals surface area contributed by atoms with Crippen LogP contribution in [0.5, 0.6) is 11.5 Å². The Bertz CT molecular complexity index is 763. The Labute approximate surface area is 147 Å². The number of hydrogen-bond donors (Lipinski definition) is 1. The summed E-state index contributed by atoms with van der Waals surface area (Å²) >= 11 is 0. The number of nitrogens with one attached hydrogen (secondary N) is 1. The van der Waals surface area contributed by atoms with E-state index >= 15 is 0 Å². The molecule has 1 amide bonds. The molecule has 0 spiro atoms. The van der Waals surface area contributed by atoms with Crippen LogP contribution in [0.15, 0.2) is 36.7 Å². The number of ether oxygens (including phenoxy) is 2. The van der Waals surface area contributed by atoms with Gasteiger partial charge in [-0.2, -0.15) is 5.10 Å². The van der Waals surface area contributed by atoms with Gasteiger partial charge in [-0.3, -0.25) is 9.48 Å². The maximum atomic E-state index is 12.1. The average molecular weight is 341 g/mol. The number of carbonyl (C=O) groups is 1. The van der Waals surface area contributed by atoms with Crippen LogP contribution in [0, 0.1) is 5.92 Å². The molecule has 1 aliphatic rings. The number of rotatable bonds is 8. The van der Waals surface area contributed by atoms with E-state index in [2.05, 4.69) is 10.4 Å². The largest absolute Gasteiger partial charge is 0.493 e. The minimum absolute atomic E-state index is 0.196. The van der Waals surface area contributed by atoms with Gasteiger partial charge in [-0.1, -0.05) is 6.07 Å². The summed E-state index contributed by atoms with van der Waals surface area (Å²) < 4.78 is 12.7. The average Bonchev–Trinajstić information content (AvgIpc) is 3.32. The number of hydrogen-bond acceptors (Lipinski definition) is 4. The molecule has 3 rings (SSSR count). The number of benzene rings is 1. The van der Waals surface area contributed by atoms with Crippen molar-refractivity contribution in [3.05, 3.63) is 42.2 Å². The highest BCUT2D eigenvalue weighted by atomic mass is 16.5. The highest BCUT2D eigenvalue weighted by Gasteiger charge is 2.21. The molecule has 6 heteroatoms. The van der Waals surface area contributed by atoms with E-state index < -0.39 is 0 Å². The zero-order valence-corrected chi connectivity index (χ0v) is 14.6. The monoisotopic (exact) mass is 341 g/mol. The lowest BCUT2D eigenvalue weighted by Crippen LogP contribution is -2.07. The summed E-state index contributed by atoms with van der Waals surface area (Å²) in [6.45, 7) is 3.42. The van der Waals surface area contributed by atoms with E-state index in [1.807, 2.05) is 36.0 Å². The summed E-state index contributed by atoms with van der Waals surface area (Å²) in [5.41, 5.74) is 1.57. The summed E-state index contributed by atoms with van der Waals surface area (Å²) in [6, 6.07) is 5.55. The molecule has 1 fully saturated rings. The van der Waals surface area contributed by atoms with Crippen LogP contribution < -0.4 is 14.8 Å². The second-order valence-electron chi connectivity index (χ2n) is 6.06. The number of anilines is 1. The molecule has 2 aromatic rings. The molecule has 132 valence electrons. The fraction of sp³-hybridized carbons (Fsp3) is 0.368. The number of carbonyl (C=O) groups excluding carboxylic acids is 1. The van der Waals surface area contributed by atoms with E-state index in [1.165, 1.54) is 18.9 Å². The lowest BCUT2D eigenvalue weighted by Gasteiger charge is -2.09. The van der Waals surface area contributed by atoms with Crippen LogP contribution in [0.25, 0.3) is 6.08 Å². The molecule has 0 saturated heterocycles. The molecule has 1 aromatic heterocycles. The lowest BCUT2D eigenvalue weighted by atomic mass is 10.2. The fourth-order valence-corrected chi connectivity index (χ4v) is 2.51. The van der Waals surface area contributed by atoms with Gasteiger partial charge in [0.25, 0.3) is 0 Å². The van der Waals surface area contributed by atoms with E-state index in [-0.39, 0.29) is 5.91 Å². The topological polar surface area (TPSA) is 65.4 Å². The zero-order chi connectivity index (χ0) is 17.6. The highest BCUT2D eigenvalue weighted by molar-refractivity contribution is 6.01. The number of nitrogens with zero attached hydrogens (tertiary/aromatic N) is 2. The summed E-state index contributed by atoms with van der Waals surface area (Å²) in [4.78, 5) is 12.1. The Hall–Kier alpha value is -2.76. The third-order valence-corrected chi connectivity index (χ3v) is 3.96. The predicted molar refractivity (Wildman–Crippen MR) is 96.8 cm³/mol. The van der Waals surface area contributed by atoms with Crippen molar-refractivity contribution in [2.45, 2.75) is 26.3 Å². The maximum absolute atomic E-state index is 12.1. The van der Waals surface area contributed by atoms with Crippen molar-refractivity contribution in [3.63, 3.8) is 0 Å². The first-order valence-electron chi connectivity index (χ1n) is 8.50. The van der Waals surface area contributed by atoms with Crippen LogP contribution in [0.1, 0.15) is 25.3 Å². The van der Waals surface area contributed by atoms with E-state index in [4.69, 9.17) is 9.47 Å². The third-order valence-electron chi connectivity index (χ3n) is 3.96. The molecule has 1 aromatic carbocycles. The van der Waals surface area contributed by atoms with Crippen LogP contribution in [0.4, 0.5) is 5.69 Å². The van der Waals surface area contributed by atoms with E-state index in [0.29, 0.717) is 23.8 Å². The van der Waals surface area contributed by atoms with Gasteiger partial charge in [-0.25, -0.2) is 0 Å². The summed E-state index contributed by atoms with van der Waals surface area (Å²) in [7, 11) is 1.59. The van der Waals surface area contributed by atoms with Gasteiger partial charge in [0.15, 0.2) is 11.5 Å².